The molecular weight excluding hydrogens is 392 g/mol. The Morgan fingerprint density at radius 2 is 1.83 bits per heavy atom. The maximum Gasteiger partial charge on any atom is 0.190 e. The molecule has 1 aliphatic rings. The second-order valence-corrected chi connectivity index (χ2v) is 7.65. The summed E-state index contributed by atoms with van der Waals surface area (Å²) in [5.74, 6) is 0. The molecule has 1 saturated carbocycles. The van der Waals surface area contributed by atoms with Gasteiger partial charge in [-0.25, -0.2) is 4.99 Å². The van der Waals surface area contributed by atoms with Crippen molar-refractivity contribution in [2.75, 3.05) is 0 Å². The lowest BCUT2D eigenvalue weighted by Gasteiger charge is -2.09. The SMILES string of the molecule is Clc1ccccc1N=c1scc(-c2ccccc2Br)n1C1CC1. The molecule has 1 heterocycles. The molecule has 116 valence electrons. The van der Waals surface area contributed by atoms with E-state index in [4.69, 9.17) is 16.6 Å². The Bertz CT molecular complexity index is 925. The molecule has 0 saturated heterocycles. The average molecular weight is 406 g/mol. The molecule has 4 rings (SSSR count). The fourth-order valence-electron chi connectivity index (χ4n) is 2.60. The smallest absolute Gasteiger partial charge is 0.190 e. The van der Waals surface area contributed by atoms with E-state index in [9.17, 15) is 0 Å². The van der Waals surface area contributed by atoms with Crippen molar-refractivity contribution in [3.63, 3.8) is 0 Å². The average Bonchev–Trinajstić information content (AvgIpc) is 3.31. The fraction of sp³-hybridized carbons (Fsp3) is 0.167. The molecule has 23 heavy (non-hydrogen) atoms. The standard InChI is InChI=1S/C18H14BrClN2S/c19-14-6-2-1-5-13(14)17-11-23-18(22(17)12-9-10-12)21-16-8-4-3-7-15(16)20/h1-8,11-12H,9-10H2. The van der Waals surface area contributed by atoms with Crippen molar-refractivity contribution in [3.8, 4) is 11.3 Å². The summed E-state index contributed by atoms with van der Waals surface area (Å²) in [5, 5.41) is 2.87. The fourth-order valence-corrected chi connectivity index (χ4v) is 4.23. The Hall–Kier alpha value is -1.36. The Morgan fingerprint density at radius 1 is 1.09 bits per heavy atom. The van der Waals surface area contributed by atoms with E-state index in [1.165, 1.54) is 24.1 Å². The van der Waals surface area contributed by atoms with E-state index < -0.39 is 0 Å². The van der Waals surface area contributed by atoms with Crippen molar-refractivity contribution >= 4 is 44.6 Å². The molecule has 2 nitrogen and oxygen atoms in total. The minimum absolute atomic E-state index is 0.546. The highest BCUT2D eigenvalue weighted by Crippen LogP contribution is 2.39. The van der Waals surface area contributed by atoms with Crippen LogP contribution in [0.1, 0.15) is 18.9 Å². The van der Waals surface area contributed by atoms with Crippen LogP contribution in [0.3, 0.4) is 0 Å². The predicted molar refractivity (Wildman–Crippen MR) is 100 cm³/mol. The highest BCUT2D eigenvalue weighted by atomic mass is 79.9. The van der Waals surface area contributed by atoms with Gasteiger partial charge >= 0.3 is 0 Å². The van der Waals surface area contributed by atoms with Gasteiger partial charge in [0.05, 0.1) is 16.4 Å². The van der Waals surface area contributed by atoms with Crippen molar-refractivity contribution in [2.45, 2.75) is 18.9 Å². The van der Waals surface area contributed by atoms with Gasteiger partial charge in [0.2, 0.25) is 0 Å². The van der Waals surface area contributed by atoms with Crippen LogP contribution < -0.4 is 4.80 Å². The van der Waals surface area contributed by atoms with Crippen LogP contribution in [0.4, 0.5) is 5.69 Å². The first kappa shape index (κ1) is 15.2. The summed E-state index contributed by atoms with van der Waals surface area (Å²) in [5.41, 5.74) is 3.25. The van der Waals surface area contributed by atoms with Gasteiger partial charge in [0, 0.05) is 21.5 Å². The van der Waals surface area contributed by atoms with Gasteiger partial charge in [0.25, 0.3) is 0 Å². The van der Waals surface area contributed by atoms with Gasteiger partial charge in [-0.15, -0.1) is 11.3 Å². The molecule has 0 aliphatic heterocycles. The molecule has 1 aromatic heterocycles. The minimum atomic E-state index is 0.546. The van der Waals surface area contributed by atoms with Gasteiger partial charge in [-0.3, -0.25) is 0 Å². The van der Waals surface area contributed by atoms with Crippen LogP contribution in [-0.2, 0) is 0 Å². The summed E-state index contributed by atoms with van der Waals surface area (Å²) >= 11 is 11.6. The van der Waals surface area contributed by atoms with Crippen LogP contribution in [0.15, 0.2) is 63.4 Å². The number of thiazole rings is 1. The number of benzene rings is 2. The second kappa shape index (κ2) is 6.27. The maximum absolute atomic E-state index is 6.26. The number of rotatable bonds is 3. The zero-order valence-corrected chi connectivity index (χ0v) is 15.4. The first-order valence-electron chi connectivity index (χ1n) is 7.48. The van der Waals surface area contributed by atoms with E-state index in [1.807, 2.05) is 30.3 Å². The summed E-state index contributed by atoms with van der Waals surface area (Å²) < 4.78 is 3.46. The van der Waals surface area contributed by atoms with E-state index in [2.05, 4.69) is 44.1 Å². The lowest BCUT2D eigenvalue weighted by molar-refractivity contribution is 0.724. The summed E-state index contributed by atoms with van der Waals surface area (Å²) in [7, 11) is 0. The van der Waals surface area contributed by atoms with Crippen molar-refractivity contribution in [1.82, 2.24) is 4.57 Å². The lowest BCUT2D eigenvalue weighted by atomic mass is 10.2. The van der Waals surface area contributed by atoms with Gasteiger partial charge in [-0.1, -0.05) is 57.9 Å². The van der Waals surface area contributed by atoms with E-state index >= 15 is 0 Å². The van der Waals surface area contributed by atoms with E-state index in [1.54, 1.807) is 11.3 Å². The number of halogens is 2. The van der Waals surface area contributed by atoms with Crippen LogP contribution >= 0.6 is 38.9 Å². The third-order valence-electron chi connectivity index (χ3n) is 3.87. The Labute approximate surface area is 152 Å². The van der Waals surface area contributed by atoms with Crippen LogP contribution in [-0.4, -0.2) is 4.57 Å². The summed E-state index contributed by atoms with van der Waals surface area (Å²) in [4.78, 5) is 5.82. The largest absolute Gasteiger partial charge is 0.313 e. The monoisotopic (exact) mass is 404 g/mol. The first-order chi connectivity index (χ1) is 11.2. The molecule has 0 atom stereocenters. The molecule has 1 fully saturated rings. The second-order valence-electron chi connectivity index (χ2n) is 5.55. The third kappa shape index (κ3) is 3.03. The van der Waals surface area contributed by atoms with Crippen molar-refractivity contribution in [2.24, 2.45) is 4.99 Å². The molecular formula is C18H14BrClN2S. The maximum atomic E-state index is 6.26. The van der Waals surface area contributed by atoms with Crippen molar-refractivity contribution in [1.29, 1.82) is 0 Å². The molecule has 0 N–H and O–H groups in total. The van der Waals surface area contributed by atoms with E-state index in [0.29, 0.717) is 11.1 Å². The summed E-state index contributed by atoms with van der Waals surface area (Å²) in [6.07, 6.45) is 2.42. The Balaban J connectivity index is 1.90. The zero-order chi connectivity index (χ0) is 15.8. The molecule has 0 bridgehead atoms. The molecule has 0 amide bonds. The number of nitrogens with zero attached hydrogens (tertiary/aromatic N) is 2. The Kier molecular flexibility index (Phi) is 4.14. The molecule has 1 aliphatic carbocycles. The quantitative estimate of drug-likeness (QED) is 0.493. The van der Waals surface area contributed by atoms with Gasteiger partial charge in [-0.05, 0) is 31.0 Å². The lowest BCUT2D eigenvalue weighted by Crippen LogP contribution is -2.14. The Morgan fingerprint density at radius 3 is 2.57 bits per heavy atom. The molecule has 2 aromatic carbocycles. The molecule has 5 heteroatoms. The van der Waals surface area contributed by atoms with Crippen LogP contribution in [0.25, 0.3) is 11.3 Å². The molecule has 0 unspecified atom stereocenters. The number of hydrogen-bond donors (Lipinski definition) is 0. The van der Waals surface area contributed by atoms with Gasteiger partial charge in [-0.2, -0.15) is 0 Å². The van der Waals surface area contributed by atoms with Gasteiger partial charge < -0.3 is 4.57 Å². The van der Waals surface area contributed by atoms with E-state index in [0.717, 1.165) is 15.0 Å². The van der Waals surface area contributed by atoms with Crippen molar-refractivity contribution < 1.29 is 0 Å². The van der Waals surface area contributed by atoms with Crippen LogP contribution in [0, 0.1) is 0 Å². The van der Waals surface area contributed by atoms with Crippen LogP contribution in [0.5, 0.6) is 0 Å². The summed E-state index contributed by atoms with van der Waals surface area (Å²) in [6, 6.07) is 16.6. The van der Waals surface area contributed by atoms with Crippen molar-refractivity contribution in [3.05, 3.63) is 68.2 Å². The number of hydrogen-bond acceptors (Lipinski definition) is 2. The normalized spacial score (nSPS) is 15.1. The first-order valence-corrected chi connectivity index (χ1v) is 9.53. The number of para-hydroxylation sites is 1. The minimum Gasteiger partial charge on any atom is -0.313 e. The summed E-state index contributed by atoms with van der Waals surface area (Å²) in [6.45, 7) is 0. The zero-order valence-electron chi connectivity index (χ0n) is 12.2. The topological polar surface area (TPSA) is 17.3 Å². The highest BCUT2D eigenvalue weighted by Gasteiger charge is 2.27. The van der Waals surface area contributed by atoms with Gasteiger partial charge in [0.1, 0.15) is 0 Å². The van der Waals surface area contributed by atoms with E-state index in [-0.39, 0.29) is 0 Å². The third-order valence-corrected chi connectivity index (χ3v) is 5.72. The molecule has 3 aromatic rings. The number of aromatic nitrogens is 1. The molecule has 0 spiro atoms. The predicted octanol–water partition coefficient (Wildman–Crippen LogP) is 6.20. The molecule has 0 radical (unpaired) electrons. The highest BCUT2D eigenvalue weighted by molar-refractivity contribution is 9.10. The van der Waals surface area contributed by atoms with Crippen LogP contribution in [0.2, 0.25) is 5.02 Å². The van der Waals surface area contributed by atoms with Gasteiger partial charge in [0.15, 0.2) is 4.80 Å².